The summed E-state index contributed by atoms with van der Waals surface area (Å²) in [4.78, 5) is 0. The van der Waals surface area contributed by atoms with Crippen LogP contribution in [-0.2, 0) is 0 Å². The predicted molar refractivity (Wildman–Crippen MR) is 26.2 cm³/mol. The van der Waals surface area contributed by atoms with E-state index in [0.29, 0.717) is 0 Å². The van der Waals surface area contributed by atoms with Crippen LogP contribution in [0, 0.1) is 0 Å². The van der Waals surface area contributed by atoms with Crippen molar-refractivity contribution in [3.05, 3.63) is 0 Å². The van der Waals surface area contributed by atoms with Gasteiger partial charge in [0.1, 0.15) is 0 Å². The molecule has 2 N–H and O–H groups in total. The van der Waals surface area contributed by atoms with Gasteiger partial charge in [-0.2, -0.15) is 0 Å². The molecule has 62 valence electrons. The molecule has 0 unspecified atom stereocenters. The first-order valence-corrected chi connectivity index (χ1v) is 0. The first-order chi connectivity index (χ1) is 0. The van der Waals surface area contributed by atoms with Crippen molar-refractivity contribution in [3.8, 4) is 0 Å². The maximum absolute atomic E-state index is 0. The van der Waals surface area contributed by atoms with Crippen LogP contribution in [0.25, 0.3) is 0 Å². The van der Waals surface area contributed by atoms with E-state index in [1.807, 2.05) is 0 Å². The van der Waals surface area contributed by atoms with Crippen LogP contribution in [0.1, 0.15) is 0 Å². The Bertz CT molecular complexity index is 8.49. The Labute approximate surface area is 48.4 Å². The largest absolute Gasteiger partial charge is 0.412 e. The Balaban J connectivity index is 0. The van der Waals surface area contributed by atoms with Gasteiger partial charge in [0.25, 0.3) is 0 Å². The third kappa shape index (κ3) is 11600. The monoisotopic (exact) mass is 170 g/mol. The van der Waals surface area contributed by atoms with E-state index >= 15 is 0 Å². The second-order valence-electron chi connectivity index (χ2n) is 0. The molecule has 0 fully saturated rings. The molecule has 0 heterocycles. The van der Waals surface area contributed by atoms with Gasteiger partial charge in [0.05, 0.1) is 0 Å². The molecule has 2 radical (unpaired) electrons. The van der Waals surface area contributed by atoms with Crippen molar-refractivity contribution in [3.63, 3.8) is 0 Å². The minimum absolute atomic E-state index is 0. The minimum Gasteiger partial charge on any atom is -0.412 e. The fourth-order valence-electron chi connectivity index (χ4n) is 0. The molecule has 1 nitrogen and oxygen atoms in total. The fourth-order valence-corrected chi connectivity index (χ4v) is 0. The summed E-state index contributed by atoms with van der Waals surface area (Å²) in [6.07, 6.45) is 0. The maximum Gasteiger partial charge on any atom is 0 e. The molecule has 0 amide bonds. The van der Waals surface area contributed by atoms with Gasteiger partial charge in [0.15, 0.2) is 0 Å². The van der Waals surface area contributed by atoms with Gasteiger partial charge in [-0.1, -0.05) is 0 Å². The van der Waals surface area contributed by atoms with Crippen LogP contribution in [0.3, 0.4) is 0 Å². The van der Waals surface area contributed by atoms with Gasteiger partial charge in [-0.3, -0.25) is 28.2 Å². The van der Waals surface area contributed by atoms with Crippen LogP contribution in [0.15, 0.2) is 0 Å². The molecule has 0 saturated heterocycles. The average molecular weight is 170 g/mol. The lowest BCUT2D eigenvalue weighted by Gasteiger charge is -0.412. The smallest absolute Gasteiger partial charge is 0 e. The molecule has 0 aromatic rings. The molecule has 0 rings (SSSR count). The standard InChI is InChI=1S/6FH.H2O.S/h6*1H;1H2;. The molecule has 0 aliphatic heterocycles. The fraction of sp³-hybridized carbons (Fsp3) is 0. The van der Waals surface area contributed by atoms with E-state index in [0.717, 1.165) is 0 Å². The second kappa shape index (κ2) is 19800. The lowest BCUT2D eigenvalue weighted by atomic mass is 16.0. The topological polar surface area (TPSA) is 31.5 Å². The Kier molecular flexibility index (Phi) is 76400000. The molecule has 0 saturated carbocycles. The van der Waals surface area contributed by atoms with Gasteiger partial charge in [-0.05, 0) is 0 Å². The third-order valence-electron chi connectivity index (χ3n) is 0. The highest BCUT2D eigenvalue weighted by Gasteiger charge is 0.0000253. The molecular weight excluding hydrogens is 162 g/mol. The van der Waals surface area contributed by atoms with Crippen LogP contribution in [-0.4, -0.2) is 5.48 Å². The highest BCUT2D eigenvalue weighted by atomic mass is 32.1. The van der Waals surface area contributed by atoms with E-state index in [1.165, 1.54) is 0 Å². The van der Waals surface area contributed by atoms with Crippen molar-refractivity contribution >= 4 is 13.5 Å². The first-order valence-electron chi connectivity index (χ1n) is 0. The van der Waals surface area contributed by atoms with Crippen molar-refractivity contribution in [2.24, 2.45) is 0 Å². The average Bonchev–Trinajstić information content (AvgIpc) is 0. The molecule has 0 bridgehead atoms. The van der Waals surface area contributed by atoms with Crippen LogP contribution in [0.5, 0.6) is 0 Å². The van der Waals surface area contributed by atoms with Gasteiger partial charge in [-0.15, -0.1) is 0 Å². The van der Waals surface area contributed by atoms with Crippen LogP contribution >= 0.6 is 13.5 Å². The van der Waals surface area contributed by atoms with Crippen LogP contribution < -0.4 is 0 Å². The van der Waals surface area contributed by atoms with Crippen LogP contribution in [0.4, 0.5) is 28.2 Å². The highest BCUT2D eigenvalue weighted by molar-refractivity contribution is 7.59. The highest BCUT2D eigenvalue weighted by Crippen LogP contribution is 0.648. The van der Waals surface area contributed by atoms with Crippen molar-refractivity contribution in [2.45, 2.75) is 0 Å². The molecule has 0 aliphatic rings. The Hall–Kier alpha value is -0.110. The predicted octanol–water partition coefficient (Wildman–Crippen LogP) is 0.738. The van der Waals surface area contributed by atoms with Gasteiger partial charge in [0.2, 0.25) is 0 Å². The maximum atomic E-state index is 0. The number of hydrogen-bond donors (Lipinski definition) is 0. The van der Waals surface area contributed by atoms with Gasteiger partial charge >= 0.3 is 0 Å². The molecule has 8 heavy (non-hydrogen) atoms. The van der Waals surface area contributed by atoms with Crippen molar-refractivity contribution in [2.75, 3.05) is 0 Å². The minimum atomic E-state index is 0. The Morgan fingerprint density at radius 2 is 0.375 bits per heavy atom. The zero-order valence-electron chi connectivity index (χ0n) is 3.36. The van der Waals surface area contributed by atoms with E-state index in [9.17, 15) is 0 Å². The van der Waals surface area contributed by atoms with E-state index in [-0.39, 0.29) is 47.2 Å². The number of hydrogen-bond acceptors (Lipinski definition) is 0. The van der Waals surface area contributed by atoms with E-state index in [1.54, 1.807) is 0 Å². The van der Waals surface area contributed by atoms with E-state index in [4.69, 9.17) is 0 Å². The molecular formula is H8F6OS. The quantitative estimate of drug-likeness (QED) is 0.480. The third-order valence-corrected chi connectivity index (χ3v) is 0. The molecule has 8 heteroatoms. The zero-order chi connectivity index (χ0) is 0. The second-order valence-corrected chi connectivity index (χ2v) is 0. The summed E-state index contributed by atoms with van der Waals surface area (Å²) in [5.41, 5.74) is 0. The van der Waals surface area contributed by atoms with Crippen molar-refractivity contribution < 1.29 is 33.7 Å². The summed E-state index contributed by atoms with van der Waals surface area (Å²) < 4.78 is 0. The Morgan fingerprint density at radius 3 is 0.375 bits per heavy atom. The molecule has 0 aromatic carbocycles. The molecule has 0 aromatic heterocycles. The van der Waals surface area contributed by atoms with E-state index < -0.39 is 0 Å². The van der Waals surface area contributed by atoms with Crippen LogP contribution in [0.2, 0.25) is 0 Å². The lowest BCUT2D eigenvalue weighted by molar-refractivity contribution is 0.824. The normalized spacial score (nSPS) is 0. The van der Waals surface area contributed by atoms with Crippen molar-refractivity contribution in [1.82, 2.24) is 0 Å². The number of rotatable bonds is 0. The molecule has 0 spiro atoms. The summed E-state index contributed by atoms with van der Waals surface area (Å²) in [5, 5.41) is 0. The van der Waals surface area contributed by atoms with Crippen molar-refractivity contribution in [1.29, 1.82) is 0 Å². The zero-order valence-corrected chi connectivity index (χ0v) is 4.17. The van der Waals surface area contributed by atoms with Gasteiger partial charge < -0.3 is 5.48 Å². The first kappa shape index (κ1) is 31000. The van der Waals surface area contributed by atoms with Gasteiger partial charge in [0, 0.05) is 13.5 Å². The molecule has 0 atom stereocenters. The summed E-state index contributed by atoms with van der Waals surface area (Å²) in [6, 6.07) is 0. The summed E-state index contributed by atoms with van der Waals surface area (Å²) in [5.74, 6) is 0. The Morgan fingerprint density at radius 1 is 0.375 bits per heavy atom. The van der Waals surface area contributed by atoms with E-state index in [2.05, 4.69) is 0 Å². The number of halogens is 6. The molecule has 0 aliphatic carbocycles. The SMILES string of the molecule is F.F.F.F.F.F.O.[S]. The van der Waals surface area contributed by atoms with Gasteiger partial charge in [-0.25, -0.2) is 0 Å². The lowest BCUT2D eigenvalue weighted by Crippen LogP contribution is -0.289. The summed E-state index contributed by atoms with van der Waals surface area (Å²) in [7, 11) is 0. The summed E-state index contributed by atoms with van der Waals surface area (Å²) >= 11 is 0. The summed E-state index contributed by atoms with van der Waals surface area (Å²) in [6.45, 7) is 0.